The number of hydrogen-bond acceptors (Lipinski definition) is 9. The van der Waals surface area contributed by atoms with Gasteiger partial charge in [0.15, 0.2) is 0 Å². The molecule has 962 valence electrons. The molecular weight excluding hydrogens is 779 g/mol. The lowest BCUT2D eigenvalue weighted by atomic mass is 9.78. The quantitative estimate of drug-likeness (QED) is 0.130. The fourth-order valence-corrected chi connectivity index (χ4v) is 10.1. The Morgan fingerprint density at radius 1 is 0.967 bits per heavy atom. The Balaban J connectivity index is -0.000000000472. The number of aliphatic hydroxyl groups is 1. The summed E-state index contributed by atoms with van der Waals surface area (Å²) < 4.78 is 56.2. The molecule has 6 atom stereocenters. The number of halogens is 2. The van der Waals surface area contributed by atoms with Gasteiger partial charge < -0.3 is 24.4 Å². The van der Waals surface area contributed by atoms with Crippen molar-refractivity contribution in [2.24, 2.45) is 11.3 Å². The van der Waals surface area contributed by atoms with Crippen LogP contribution in [0.2, 0.25) is 0 Å². The van der Waals surface area contributed by atoms with Crippen molar-refractivity contribution in [3.63, 3.8) is 0 Å². The van der Waals surface area contributed by atoms with E-state index in [0.29, 0.717) is 29.7 Å². The summed E-state index contributed by atoms with van der Waals surface area (Å²) in [4.78, 5) is 22.7. The van der Waals surface area contributed by atoms with E-state index in [4.69, 9.17) is 16.0 Å². The SMILES string of the molecule is [2H]OC(C)(C)[C@@H](n1ncn(-c2ccc(N3CCN(c4ccc(OC[C@H]5C[C@@](c6c(F)cc(F)c(C)c6C)([C@H](C)n6cncn6)OC5C)c(C)c4)C(C)C3)c(C)c2)c1=O)C(C)(C)C.[HH].[HH].[HH].[HH].[HH].[HH].[HH].[HH].[HH].[HH].[HH].[HH].[HH].[HH].[HH].[HH].[HH].[HH].[HH].[HH].[HH].[HH].[HH].[HH].[HH].[HH].[HH].[HH].[HH].[HH].[HH].[HH].[HH].[HH].[HH].[HH].[HH].[HH].[HH].[HH].[HH].[HH].[HH].[HH].[HH].[HH].[HH].[HH].[HH].[HH].[HH].[HH].[HH].[HH].[HH].[HH].[HH].[HH].[HH].[HH].[HH].[HH].[HH].[HH].[HH].[HH].[HH].[HH].[HH].[HH].[HH].[HH].[HH].[HH].[HH].[HH].[HH].[HH].[HH].[HH].[HH].[HH].[HH].[HH].[HH].[HH].[HH].[HH].[HH].[HH].[HH].[HH].[HH].[HH].[HH].[HH].[HH].[HH].[HH].[HH].[HH].[HH].[HH].[HH].[HH].[HH].[HH].[HH].[HH].[HH].[HH].[HH].[HH].[HH].[HH].[HH].[HH].[HH].[HH].[HH].[HH].[HH].[HH].[HH].[HH].[HH].[HH].[HH].[HH].[HH].[HH].[HH].[HH].[HH].[HH].[HH].[HH].[HH].[HH].[HH].[HH].[HH].[HH].[HH].[HH].[HH].[HH].[HH].[HH].[HH].[HH].[HH].[HH].[HH].[HH].[HH].[HH].[HH].[HH].[HH].[HH].[HH].[HH].[HH].[HH].[HH].[HH].[HH].[HH].[HH].[HH].[HH].[HH].[HH].[HH].[HH].[HH].[HH].[HH].[HH].[HH].[HH].[HH].[HH].[HH].[HH].[HH].[HH].[HH].[HH].[HH].[HH].[HH].[HH].[HH].[HH].[HH].[HH].[HH].[HH].[HH].[HH].[HH].[HH].[HH].[HH].[HH].[HH].[HH].[HH].[HH].[HH].[HH].[HH].[HH].[HH].[HH].[HH].[HH].[HH].[HH].[HH].[HH].[HH].[HH].[HH].[HH].[HH].[HH].[HH].[HH].[HH].[HH].[HH].[HH].[HH].[HH].[HH].[HH].[HH].[HH].[HH].[HH].[HH].[HH].[HH].[HH].[HH].[HH].[HH].[HH].[HH].[HH].[HH].[HH].[HH].[HH].[HH].[HH].[HH].[HH].[HH].[HH].[HH].[HH].[HH].[HH].[HH].[HH].[HH].[HH].[HH].[HH].[HH].[HH].[HH].[HH].[HH].[HH].[HH].[HH].[HH].[HH].[HH].[HH].[HH].[HH].[HH].[HH].[HH].[HH].[HH].[HH].[HH].[HH].[HH].[HH].[HH].[HH].[HH].[HH].[HH].[HH].[HH].[HH].[HH].[HH].[HH].[HH].[HH].[HH].[HH].[HH].[HH].[HH].[HH].[HH]. The Labute approximate surface area is 830 Å². The van der Waals surface area contributed by atoms with Crippen molar-refractivity contribution < 1.29 is 476 Å². The van der Waals surface area contributed by atoms with Crippen LogP contribution in [0.4, 0.5) is 20.2 Å². The van der Waals surface area contributed by atoms with Gasteiger partial charge in [-0.15, -0.1) is 0 Å². The molecule has 2 fully saturated rings. The minimum absolute atomic E-state index is 0. The third kappa shape index (κ3) is 8.20. The molecule has 4 heterocycles. The van der Waals surface area contributed by atoms with Crippen LogP contribution in [0.3, 0.4) is 0 Å². The van der Waals surface area contributed by atoms with Crippen molar-refractivity contribution in [2.75, 3.05) is 36.0 Å². The predicted molar refractivity (Wildman–Crippen MR) is 904 cm³/mol. The molecule has 0 bridgehead atoms. The van der Waals surface area contributed by atoms with Gasteiger partial charge in [0.25, 0.3) is 0 Å². The zero-order valence-electron chi connectivity index (χ0n) is 38.7. The smallest absolute Gasteiger partial charge is 0.350 e. The van der Waals surface area contributed by atoms with Crippen LogP contribution in [0.25, 0.3) is 5.69 Å². The molecule has 12 nitrogen and oxygen atoms in total. The lowest BCUT2D eigenvalue weighted by Crippen LogP contribution is -2.52. The van der Waals surface area contributed by atoms with Gasteiger partial charge in [-0.25, -0.2) is 32.5 Å². The number of benzene rings is 3. The average Bonchev–Trinajstić information content (AvgIpc) is 1.57. The van der Waals surface area contributed by atoms with Crippen LogP contribution in [0.5, 0.6) is 5.75 Å². The van der Waals surface area contributed by atoms with E-state index in [2.05, 4.69) is 64.0 Å². The molecule has 3 aromatic carbocycles. The van der Waals surface area contributed by atoms with Crippen LogP contribution in [0.15, 0.2) is 66.2 Å². The van der Waals surface area contributed by atoms with Gasteiger partial charge in [-0.3, -0.25) is 0 Å². The molecule has 2 saturated heterocycles. The zero-order valence-corrected chi connectivity index (χ0v) is 37.7. The first-order valence-electron chi connectivity index (χ1n) is 21.7. The summed E-state index contributed by atoms with van der Waals surface area (Å²) in [7, 11) is 0. The van der Waals surface area contributed by atoms with E-state index in [-0.39, 0.29) is 476 Å². The lowest BCUT2D eigenvalue weighted by Gasteiger charge is -2.43. The summed E-state index contributed by atoms with van der Waals surface area (Å²) >= 11 is 0. The molecule has 2 unspecified atom stereocenters. The van der Waals surface area contributed by atoms with Gasteiger partial charge in [-0.2, -0.15) is 10.2 Å². The van der Waals surface area contributed by atoms with Crippen LogP contribution in [-0.4, -0.2) is 79.6 Å². The third-order valence-electron chi connectivity index (χ3n) is 13.1. The summed E-state index contributed by atoms with van der Waals surface area (Å²) in [6.07, 6.45) is 4.76. The van der Waals surface area contributed by atoms with Crippen molar-refractivity contribution in [3.8, 4) is 11.4 Å². The van der Waals surface area contributed by atoms with E-state index in [9.17, 15) is 9.18 Å². The van der Waals surface area contributed by atoms with Crippen LogP contribution in [-0.2, 0) is 10.3 Å². The Kier molecular flexibility index (Phi) is 11.4. The summed E-state index contributed by atoms with van der Waals surface area (Å²) in [5.74, 6) is -0.526. The molecule has 0 spiro atoms. The number of piperazine rings is 1. The van der Waals surface area contributed by atoms with Gasteiger partial charge in [0.05, 0.1) is 36.1 Å². The molecule has 0 radical (unpaired) electrons. The maximum absolute atomic E-state index is 15.8. The van der Waals surface area contributed by atoms with E-state index in [1.54, 1.807) is 49.6 Å². The second-order valence-electron chi connectivity index (χ2n) is 19.0. The first kappa shape index (κ1) is 42.6. The normalized spacial score (nSPS) is 22.4. The number of rotatable bonds is 12. The third-order valence-corrected chi connectivity index (χ3v) is 13.1. The first-order chi connectivity index (χ1) is 29.2. The van der Waals surface area contributed by atoms with Crippen LogP contribution in [0.1, 0.15) is 554 Å². The molecule has 14 heteroatoms. The predicted octanol–water partition coefficient (Wildman–Crippen LogP) is 86.2. The molecule has 7 rings (SSSR count). The van der Waals surface area contributed by atoms with Crippen LogP contribution in [0, 0.1) is 50.7 Å². The van der Waals surface area contributed by atoms with E-state index in [1.807, 2.05) is 52.8 Å². The highest BCUT2D eigenvalue weighted by Crippen LogP contribution is 2.52. The van der Waals surface area contributed by atoms with Gasteiger partial charge >= 0.3 is 5.69 Å². The summed E-state index contributed by atoms with van der Waals surface area (Å²) in [6, 6.07) is 12.7. The maximum atomic E-state index is 15.8. The first-order valence-corrected chi connectivity index (χ1v) is 21.3. The molecule has 0 saturated carbocycles. The highest BCUT2D eigenvalue weighted by atomic mass is 19.1. The number of hydrogen-bond donors (Lipinski definition) is 1. The number of aryl methyl sites for hydroxylation is 2. The number of aromatic nitrogens is 6. The molecule has 5 aromatic rings. The van der Waals surface area contributed by atoms with Crippen LogP contribution < -0.4 is 20.2 Å². The van der Waals surface area contributed by atoms with Gasteiger partial charge in [0.2, 0.25) is 1.43 Å². The Bertz CT molecular complexity index is 2700. The van der Waals surface area contributed by atoms with Crippen molar-refractivity contribution in [1.29, 1.82) is 1.43 Å². The second kappa shape index (κ2) is 16.3. The van der Waals surface area contributed by atoms with E-state index in [0.717, 1.165) is 59.6 Å². The Morgan fingerprint density at radius 3 is 2.33 bits per heavy atom. The average molecular weight is 1480 g/mol. The summed E-state index contributed by atoms with van der Waals surface area (Å²) in [6.45, 7) is 26.2. The topological polar surface area (TPSA) is 116 Å². The fraction of sp³-hybridized carbons (Fsp3) is 0.532. The maximum Gasteiger partial charge on any atom is 0.350 e. The molecule has 61 heavy (non-hydrogen) atoms. The Hall–Kier alpha value is -5.08. The molecule has 0 aliphatic carbocycles. The highest BCUT2D eigenvalue weighted by molar-refractivity contribution is 5.60. The van der Waals surface area contributed by atoms with Gasteiger partial charge in [0, 0.05) is 507 Å². The monoisotopic (exact) mass is 1480 g/mol. The zero-order chi connectivity index (χ0) is 45.1. The Morgan fingerprint density at radius 2 is 1.69 bits per heavy atom. The lowest BCUT2D eigenvalue weighted by molar-refractivity contribution is -0.0787. The summed E-state index contributed by atoms with van der Waals surface area (Å²) in [5.41, 5.74) is 3.57. The van der Waals surface area contributed by atoms with Crippen molar-refractivity contribution in [1.82, 2.24) is 29.1 Å². The standard InChI is InChI=1S/C47H62F2N8O4.317H2/c1-28-19-37(55-27-52-57(44(55)58)43(45(8,9)10)46(11,12)59)13-15-40(28)53-17-18-54(30(3)23-53)36-14-16-41(29(2)20-36)60-24-35-22-47(61-33(35)6,34(7)56-26-50-25-51-56)42-32(5)31(4)38(48)21-39(42)49;;;;;;;;;;;;;;;;;;;;;;;;;;;;;;;;;;;;;;;;;;;;;;;;;;;;;;;;;;;;;;;;;;;;;;;;;;;;;;;;;;;;;;;;;;;;;;;;;;;;;;;;;;;;;;;;;;;;;;;;;;;;;;;;;;;;;;;;;;;;;;;;;;;;;;;;;;;;;;;;;;;;;;;;;;;;;;;;;;;;;;;;;;;;;;;;;;;;;;;;;;;;;;;;;;;;;;;;;;;;;;;;;;;;;;;;;;;;;;;;;;;;;;;;;;;;;;;;;;;;;;;;;;;;;;;;;;;;;;;;;;;;;;;;;;;;;;;;;;;;;;;;;;;;;;;;;;;;;/h13-16,19-21,25-27,30,33-35,43,59H,17-18,22-24H2,1-12H3;317*1H/t30?,33?,34-,35+,43-,47-;;;;;;;;;;;;;;;;;;;;;;;;;;;;;;;;;;;;;;;;;;;;;;;;;;;;;;;;;;;;;;;;;;;;;;;;;;;;;;;;;;;;;;;;;;;;;;;;;;;;;;;;;;;;;;;;;;;;;;;;;;;;;;;;;;;;;;;;;;;;;;;;;;;;;;;;;;;;;;;;;;;;;;;;;;;;;;;;;;;;;;;;;;;;;;;;;;;;;;;;;;;;;;;;;;;;;;;;;;;;;;;;;;;;;;;;;;;;;;;;;;;;;;;;;;;;;;;;;;;;;;;;;;;;;;;;;;;;;;;;;;;;;;;;;;;;;;;;;;;;;;;;;;;;;;;;;;;;;/m0............................................................................................................................................................................................................................................................................................................................./s1/i59D;;;;;;;;;;;;;;;;;;;;;;;;;;;;;;;;;;;;;;;;;;;;;;;;;;;;;;;;;;;;;;;;;;;;;;;;;;;;;;;;;;;;;;;;;;;;;;;;;;;;;;;;;;;;;;;;;;;;;;;;;;;;;;;;;;;;;;;;;;;;;;;;;;;;;;;;;;;;;;;;;;;;;;;;;;;;;;;;;;;;;;;;;;;;;;;;;;;;;;;;;;;;;;;;;;;;;;;;;;;;;;;;;;;;;;;;;;;;;;;;;;;;;;;;;;;;;;;;;;;;;;;;;;;;;;;;;;;;;;;;;;;;;;;;;;;;;;;;;;;;;;;;;;;;;;;;;;;;;. The largest absolute Gasteiger partial charge is 0.493 e. The highest BCUT2D eigenvalue weighted by Gasteiger charge is 2.53. The molecular formula is C47H696F2N8O4. The van der Waals surface area contributed by atoms with Crippen molar-refractivity contribution in [3.05, 3.63) is 111 Å². The van der Waals surface area contributed by atoms with E-state index in [1.165, 1.54) is 11.0 Å². The minimum Gasteiger partial charge on any atom is -0.493 e. The fourth-order valence-electron chi connectivity index (χ4n) is 10.1. The molecule has 2 aliphatic heterocycles. The summed E-state index contributed by atoms with van der Waals surface area (Å²) in [5, 5.41) is 13.9. The number of anilines is 2. The second-order valence-corrected chi connectivity index (χ2v) is 19.0. The number of nitrogens with zero attached hydrogens (tertiary/aromatic N) is 8. The minimum atomic E-state index is -1.12. The molecule has 2 aliphatic rings. The van der Waals surface area contributed by atoms with Crippen molar-refractivity contribution in [2.45, 2.75) is 125 Å². The van der Waals surface area contributed by atoms with Gasteiger partial charge in [-0.05, 0) is 133 Å². The van der Waals surface area contributed by atoms with Crippen LogP contribution >= 0.6 is 0 Å². The van der Waals surface area contributed by atoms with E-state index < -0.39 is 40.3 Å². The molecule has 0 amide bonds. The van der Waals surface area contributed by atoms with E-state index >= 15 is 4.39 Å². The number of ether oxygens (including phenoxy) is 2. The van der Waals surface area contributed by atoms with Gasteiger partial charge in [0.1, 0.15) is 42.0 Å². The van der Waals surface area contributed by atoms with Crippen molar-refractivity contribution >= 4 is 11.4 Å². The molecule has 1 N–H and O–H groups in total. The molecule has 2 aromatic heterocycles. The van der Waals surface area contributed by atoms with Gasteiger partial charge in [-0.1, -0.05) is 20.8 Å².